The zero-order valence-electron chi connectivity index (χ0n) is 21.4. The summed E-state index contributed by atoms with van der Waals surface area (Å²) < 4.78 is 2.00. The summed E-state index contributed by atoms with van der Waals surface area (Å²) >= 11 is 0. The highest BCUT2D eigenvalue weighted by molar-refractivity contribution is 5.99. The van der Waals surface area contributed by atoms with Gasteiger partial charge >= 0.3 is 0 Å². The Balaban J connectivity index is 1.16. The average molecular weight is 520 g/mol. The standard InChI is InChI=1S/C29H29N9O/c30-27(36-39)22-14-24(20-4-2-1-3-5-20)26(32-15-22)21-8-6-19(7-9-21)17-37-12-10-23(11-13-37)38-29-25(16-35-38)28(31)33-18-34-29/h1-9,14-16,18,23,39H,10-13,17H2,(H2,30,36)(H2,31,33,34). The van der Waals surface area contributed by atoms with Crippen molar-refractivity contribution in [1.29, 1.82) is 0 Å². The first-order chi connectivity index (χ1) is 19.1. The maximum atomic E-state index is 9.13. The second-order valence-electron chi connectivity index (χ2n) is 9.76. The molecule has 2 aromatic carbocycles. The van der Waals surface area contributed by atoms with E-state index in [1.165, 1.54) is 11.9 Å². The van der Waals surface area contributed by atoms with Crippen LogP contribution in [0, 0.1) is 0 Å². The van der Waals surface area contributed by atoms with E-state index in [2.05, 4.69) is 49.4 Å². The summed E-state index contributed by atoms with van der Waals surface area (Å²) in [5, 5.41) is 17.6. The van der Waals surface area contributed by atoms with Crippen LogP contribution < -0.4 is 11.5 Å². The van der Waals surface area contributed by atoms with Crippen molar-refractivity contribution in [3.63, 3.8) is 0 Å². The fourth-order valence-electron chi connectivity index (χ4n) is 5.23. The summed E-state index contributed by atoms with van der Waals surface area (Å²) in [5.74, 6) is 0.501. The van der Waals surface area contributed by atoms with Gasteiger partial charge in [-0.1, -0.05) is 59.8 Å². The SMILES string of the molecule is N/C(=N\O)c1cnc(-c2ccc(CN3CCC(n4ncc5c(N)ncnc54)CC3)cc2)c(-c2ccccc2)c1. The first-order valence-corrected chi connectivity index (χ1v) is 12.9. The van der Waals surface area contributed by atoms with Crippen LogP contribution in [-0.2, 0) is 6.54 Å². The number of hydrogen-bond acceptors (Lipinski definition) is 8. The molecular formula is C29H29N9O. The molecule has 1 aliphatic rings. The number of likely N-dealkylation sites (tertiary alicyclic amines) is 1. The number of anilines is 1. The molecule has 10 nitrogen and oxygen atoms in total. The summed E-state index contributed by atoms with van der Waals surface area (Å²) in [5.41, 5.74) is 18.2. The van der Waals surface area contributed by atoms with Crippen molar-refractivity contribution in [1.82, 2.24) is 29.6 Å². The molecule has 0 bridgehead atoms. The van der Waals surface area contributed by atoms with Gasteiger partial charge in [-0.2, -0.15) is 5.10 Å². The number of benzene rings is 2. The number of hydrogen-bond donors (Lipinski definition) is 3. The second-order valence-corrected chi connectivity index (χ2v) is 9.76. The molecule has 6 rings (SSSR count). The minimum atomic E-state index is 0.0310. The van der Waals surface area contributed by atoms with Gasteiger partial charge in [-0.25, -0.2) is 14.6 Å². The number of piperidine rings is 1. The molecule has 0 radical (unpaired) electrons. The van der Waals surface area contributed by atoms with Crippen LogP contribution in [0.25, 0.3) is 33.4 Å². The second kappa shape index (κ2) is 10.5. The molecule has 10 heteroatoms. The third kappa shape index (κ3) is 4.89. The Morgan fingerprint density at radius 1 is 0.949 bits per heavy atom. The molecule has 0 unspecified atom stereocenters. The topological polar surface area (TPSA) is 144 Å². The predicted molar refractivity (Wildman–Crippen MR) is 151 cm³/mol. The van der Waals surface area contributed by atoms with E-state index in [-0.39, 0.29) is 5.84 Å². The average Bonchev–Trinajstić information content (AvgIpc) is 3.43. The van der Waals surface area contributed by atoms with Crippen LogP contribution in [0.2, 0.25) is 0 Å². The van der Waals surface area contributed by atoms with Gasteiger partial charge in [-0.05, 0) is 30.0 Å². The largest absolute Gasteiger partial charge is 0.409 e. The number of nitrogen functional groups attached to an aromatic ring is 1. The lowest BCUT2D eigenvalue weighted by Crippen LogP contribution is -2.34. The van der Waals surface area contributed by atoms with Gasteiger partial charge in [-0.15, -0.1) is 0 Å². The highest BCUT2D eigenvalue weighted by Crippen LogP contribution is 2.32. The molecule has 0 atom stereocenters. The highest BCUT2D eigenvalue weighted by atomic mass is 16.4. The quantitative estimate of drug-likeness (QED) is 0.132. The normalized spacial score (nSPS) is 15.1. The smallest absolute Gasteiger partial charge is 0.171 e. The molecular weight excluding hydrogens is 490 g/mol. The fraction of sp³-hybridized carbons (Fsp3) is 0.207. The van der Waals surface area contributed by atoms with Crippen molar-refractivity contribution in [3.8, 4) is 22.4 Å². The van der Waals surface area contributed by atoms with E-state index in [4.69, 9.17) is 21.7 Å². The fourth-order valence-corrected chi connectivity index (χ4v) is 5.23. The molecule has 0 aliphatic carbocycles. The minimum Gasteiger partial charge on any atom is -0.409 e. The van der Waals surface area contributed by atoms with Crippen molar-refractivity contribution in [2.24, 2.45) is 10.9 Å². The number of nitrogens with two attached hydrogens (primary N) is 2. The lowest BCUT2D eigenvalue weighted by atomic mass is 9.97. The molecule has 4 heterocycles. The van der Waals surface area contributed by atoms with Gasteiger partial charge in [0.2, 0.25) is 0 Å². The molecule has 196 valence electrons. The third-order valence-corrected chi connectivity index (χ3v) is 7.33. The van der Waals surface area contributed by atoms with Crippen LogP contribution in [0.5, 0.6) is 0 Å². The summed E-state index contributed by atoms with van der Waals surface area (Å²) in [6.45, 7) is 2.83. The number of fused-ring (bicyclic) bond motifs is 1. The van der Waals surface area contributed by atoms with Crippen molar-refractivity contribution in [2.45, 2.75) is 25.4 Å². The Kier molecular flexibility index (Phi) is 6.60. The summed E-state index contributed by atoms with van der Waals surface area (Å²) in [7, 11) is 0. The van der Waals surface area contributed by atoms with Gasteiger partial charge in [0.15, 0.2) is 11.5 Å². The molecule has 1 fully saturated rings. The molecule has 0 amide bonds. The third-order valence-electron chi connectivity index (χ3n) is 7.33. The van der Waals surface area contributed by atoms with Crippen LogP contribution in [0.3, 0.4) is 0 Å². The molecule has 5 N–H and O–H groups in total. The van der Waals surface area contributed by atoms with Crippen LogP contribution >= 0.6 is 0 Å². The first-order valence-electron chi connectivity index (χ1n) is 12.9. The van der Waals surface area contributed by atoms with Crippen LogP contribution in [0.15, 0.2) is 84.5 Å². The van der Waals surface area contributed by atoms with Crippen LogP contribution in [0.1, 0.15) is 30.0 Å². The molecule has 0 spiro atoms. The van der Waals surface area contributed by atoms with Gasteiger partial charge < -0.3 is 16.7 Å². The Hall–Kier alpha value is -4.83. The van der Waals surface area contributed by atoms with E-state index in [1.54, 1.807) is 12.4 Å². The number of oxime groups is 1. The maximum absolute atomic E-state index is 9.13. The van der Waals surface area contributed by atoms with Crippen LogP contribution in [-0.4, -0.2) is 53.8 Å². The van der Waals surface area contributed by atoms with Crippen LogP contribution in [0.4, 0.5) is 5.82 Å². The van der Waals surface area contributed by atoms with Gasteiger partial charge in [0.05, 0.1) is 23.3 Å². The van der Waals surface area contributed by atoms with Gasteiger partial charge in [0.25, 0.3) is 0 Å². The van der Waals surface area contributed by atoms with Gasteiger partial charge in [-0.3, -0.25) is 9.88 Å². The highest BCUT2D eigenvalue weighted by Gasteiger charge is 2.23. The van der Waals surface area contributed by atoms with Crippen molar-refractivity contribution >= 4 is 22.7 Å². The Bertz CT molecular complexity index is 1620. The van der Waals surface area contributed by atoms with Crippen molar-refractivity contribution in [2.75, 3.05) is 18.8 Å². The molecule has 39 heavy (non-hydrogen) atoms. The van der Waals surface area contributed by atoms with E-state index < -0.39 is 0 Å². The Morgan fingerprint density at radius 2 is 1.72 bits per heavy atom. The van der Waals surface area contributed by atoms with E-state index in [1.807, 2.05) is 41.1 Å². The Morgan fingerprint density at radius 3 is 2.46 bits per heavy atom. The summed E-state index contributed by atoms with van der Waals surface area (Å²) in [6, 6.07) is 20.8. The lowest BCUT2D eigenvalue weighted by Gasteiger charge is -2.32. The molecule has 5 aromatic rings. The summed E-state index contributed by atoms with van der Waals surface area (Å²) in [6.07, 6.45) is 6.89. The predicted octanol–water partition coefficient (Wildman–Crippen LogP) is 4.07. The van der Waals surface area contributed by atoms with E-state index in [9.17, 15) is 0 Å². The molecule has 0 saturated carbocycles. The number of pyridine rings is 1. The first kappa shape index (κ1) is 24.5. The van der Waals surface area contributed by atoms with Gasteiger partial charge in [0.1, 0.15) is 12.1 Å². The molecule has 1 saturated heterocycles. The minimum absolute atomic E-state index is 0.0310. The number of rotatable bonds is 6. The van der Waals surface area contributed by atoms with Crippen molar-refractivity contribution in [3.05, 3.63) is 90.5 Å². The zero-order valence-corrected chi connectivity index (χ0v) is 21.4. The number of nitrogens with zero attached hydrogens (tertiary/aromatic N) is 7. The number of amidine groups is 1. The Labute approximate surface area is 225 Å². The number of aromatic nitrogens is 5. The maximum Gasteiger partial charge on any atom is 0.171 e. The van der Waals surface area contributed by atoms with E-state index in [0.717, 1.165) is 65.9 Å². The van der Waals surface area contributed by atoms with Crippen molar-refractivity contribution < 1.29 is 5.21 Å². The van der Waals surface area contributed by atoms with E-state index >= 15 is 0 Å². The molecule has 3 aromatic heterocycles. The monoisotopic (exact) mass is 519 g/mol. The molecule has 1 aliphatic heterocycles. The van der Waals surface area contributed by atoms with E-state index in [0.29, 0.717) is 17.4 Å². The summed E-state index contributed by atoms with van der Waals surface area (Å²) in [4.78, 5) is 15.6. The van der Waals surface area contributed by atoms with Gasteiger partial charge in [0, 0.05) is 42.5 Å². The zero-order chi connectivity index (χ0) is 26.8. The lowest BCUT2D eigenvalue weighted by molar-refractivity contribution is 0.175.